The number of amides is 2. The summed E-state index contributed by atoms with van der Waals surface area (Å²) in [5.41, 5.74) is 1.44. The van der Waals surface area contributed by atoms with Crippen LogP contribution < -0.4 is 5.76 Å². The van der Waals surface area contributed by atoms with E-state index in [-0.39, 0.29) is 36.1 Å². The maximum absolute atomic E-state index is 12.3. The molecule has 4 rings (SSSR count). The zero-order valence-corrected chi connectivity index (χ0v) is 14.0. The van der Waals surface area contributed by atoms with E-state index in [1.54, 1.807) is 24.3 Å². The molecule has 1 N–H and O–H groups in total. The Morgan fingerprint density at radius 2 is 1.63 bits per heavy atom. The summed E-state index contributed by atoms with van der Waals surface area (Å²) in [6.07, 6.45) is 0.362. The molecule has 2 heterocycles. The zero-order valence-electron chi connectivity index (χ0n) is 14.0. The summed E-state index contributed by atoms with van der Waals surface area (Å²) in [4.78, 5) is 48.9. The molecule has 1 aliphatic heterocycles. The van der Waals surface area contributed by atoms with Crippen LogP contribution >= 0.6 is 0 Å². The summed E-state index contributed by atoms with van der Waals surface area (Å²) in [5, 5.41) is 9.01. The number of carbonyl (C=O) groups is 3. The maximum Gasteiger partial charge on any atom is 0.419 e. The number of nitrogens with zero attached hydrogens (tertiary/aromatic N) is 2. The van der Waals surface area contributed by atoms with E-state index < -0.39 is 11.7 Å². The van der Waals surface area contributed by atoms with Crippen LogP contribution in [0.1, 0.15) is 37.5 Å². The van der Waals surface area contributed by atoms with Crippen LogP contribution in [0.15, 0.2) is 51.7 Å². The lowest BCUT2D eigenvalue weighted by Crippen LogP contribution is -2.31. The molecule has 0 saturated heterocycles. The minimum absolute atomic E-state index is 0.0226. The summed E-state index contributed by atoms with van der Waals surface area (Å²) in [6, 6.07) is 10.8. The topological polar surface area (TPSA) is 110 Å². The lowest BCUT2D eigenvalue weighted by atomic mass is 10.1. The van der Waals surface area contributed by atoms with Crippen molar-refractivity contribution in [3.8, 4) is 0 Å². The minimum Gasteiger partial charge on any atom is -0.478 e. The predicted molar refractivity (Wildman–Crippen MR) is 93.9 cm³/mol. The molecule has 1 aromatic heterocycles. The second-order valence-corrected chi connectivity index (χ2v) is 6.17. The van der Waals surface area contributed by atoms with E-state index in [2.05, 4.69) is 0 Å². The molecule has 8 heteroatoms. The van der Waals surface area contributed by atoms with E-state index in [1.807, 2.05) is 0 Å². The molecule has 0 bridgehead atoms. The van der Waals surface area contributed by atoms with E-state index in [0.29, 0.717) is 23.1 Å². The van der Waals surface area contributed by atoms with Crippen LogP contribution in [0, 0.1) is 0 Å². The standard InChI is InChI=1S/C19H14N2O6/c22-16-12-4-1-2-5-13(12)17(23)21(16)9-3-8-20-14-7-6-11(18(24)25)10-15(14)27-19(20)26/h1-2,4-7,10H,3,8-9H2,(H,24,25). The summed E-state index contributed by atoms with van der Waals surface area (Å²) in [7, 11) is 0. The summed E-state index contributed by atoms with van der Waals surface area (Å²) >= 11 is 0. The molecule has 3 aromatic rings. The van der Waals surface area contributed by atoms with Gasteiger partial charge in [-0.25, -0.2) is 9.59 Å². The Kier molecular flexibility index (Phi) is 3.88. The molecule has 0 unspecified atom stereocenters. The number of fused-ring (bicyclic) bond motifs is 2. The molecule has 8 nitrogen and oxygen atoms in total. The van der Waals surface area contributed by atoms with Gasteiger partial charge in [0.25, 0.3) is 11.8 Å². The third-order valence-electron chi connectivity index (χ3n) is 4.56. The largest absolute Gasteiger partial charge is 0.478 e. The number of imide groups is 1. The summed E-state index contributed by atoms with van der Waals surface area (Å²) < 4.78 is 6.46. The zero-order chi connectivity index (χ0) is 19.1. The highest BCUT2D eigenvalue weighted by atomic mass is 16.4. The van der Waals surface area contributed by atoms with Crippen LogP contribution in [0.3, 0.4) is 0 Å². The Labute approximate surface area is 152 Å². The van der Waals surface area contributed by atoms with Gasteiger partial charge in [-0.2, -0.15) is 0 Å². The van der Waals surface area contributed by atoms with E-state index >= 15 is 0 Å². The van der Waals surface area contributed by atoms with Crippen molar-refractivity contribution in [2.75, 3.05) is 6.54 Å². The van der Waals surface area contributed by atoms with E-state index in [9.17, 15) is 19.2 Å². The number of oxazole rings is 1. The first-order valence-corrected chi connectivity index (χ1v) is 8.29. The summed E-state index contributed by atoms with van der Waals surface area (Å²) in [6.45, 7) is 0.393. The predicted octanol–water partition coefficient (Wildman–Crippen LogP) is 1.98. The number of hydrogen-bond acceptors (Lipinski definition) is 5. The first-order valence-electron chi connectivity index (χ1n) is 8.29. The molecule has 0 saturated carbocycles. The number of aryl methyl sites for hydroxylation is 1. The van der Waals surface area contributed by atoms with Crippen LogP contribution in [0.5, 0.6) is 0 Å². The number of rotatable bonds is 5. The van der Waals surface area contributed by atoms with Crippen molar-refractivity contribution in [2.24, 2.45) is 0 Å². The van der Waals surface area contributed by atoms with Crippen molar-refractivity contribution in [3.05, 3.63) is 69.7 Å². The van der Waals surface area contributed by atoms with Gasteiger partial charge < -0.3 is 9.52 Å². The van der Waals surface area contributed by atoms with Crippen molar-refractivity contribution in [1.29, 1.82) is 0 Å². The Bertz CT molecular complexity index is 1120. The van der Waals surface area contributed by atoms with Gasteiger partial charge in [-0.1, -0.05) is 12.1 Å². The van der Waals surface area contributed by atoms with Gasteiger partial charge in [0.1, 0.15) is 0 Å². The molecule has 2 aromatic carbocycles. The van der Waals surface area contributed by atoms with Crippen molar-refractivity contribution in [1.82, 2.24) is 9.47 Å². The highest BCUT2D eigenvalue weighted by Gasteiger charge is 2.34. The van der Waals surface area contributed by atoms with Gasteiger partial charge >= 0.3 is 11.7 Å². The van der Waals surface area contributed by atoms with Crippen molar-refractivity contribution in [3.63, 3.8) is 0 Å². The molecule has 27 heavy (non-hydrogen) atoms. The normalized spacial score (nSPS) is 13.4. The van der Waals surface area contributed by atoms with Crippen molar-refractivity contribution < 1.29 is 23.9 Å². The van der Waals surface area contributed by atoms with E-state index in [4.69, 9.17) is 9.52 Å². The number of hydrogen-bond donors (Lipinski definition) is 1. The highest BCUT2D eigenvalue weighted by molar-refractivity contribution is 6.21. The number of aromatic carboxylic acids is 1. The van der Waals surface area contributed by atoms with Crippen LogP contribution in [0.2, 0.25) is 0 Å². The SMILES string of the molecule is O=C(O)c1ccc2c(c1)oc(=O)n2CCCN1C(=O)c2ccccc2C1=O. The Hall–Kier alpha value is -3.68. The molecule has 0 radical (unpaired) electrons. The van der Waals surface area contributed by atoms with Gasteiger partial charge in [0.2, 0.25) is 0 Å². The fourth-order valence-electron chi connectivity index (χ4n) is 3.24. The first-order chi connectivity index (χ1) is 13.0. The Morgan fingerprint density at radius 1 is 0.963 bits per heavy atom. The number of aromatic nitrogens is 1. The van der Waals surface area contributed by atoms with Crippen LogP contribution in [-0.2, 0) is 6.54 Å². The summed E-state index contributed by atoms with van der Waals surface area (Å²) in [5.74, 6) is -2.41. The smallest absolute Gasteiger partial charge is 0.419 e. The monoisotopic (exact) mass is 366 g/mol. The van der Waals surface area contributed by atoms with E-state index in [0.717, 1.165) is 0 Å². The average Bonchev–Trinajstić information content (AvgIpc) is 3.10. The Balaban J connectivity index is 1.51. The molecule has 0 fully saturated rings. The average molecular weight is 366 g/mol. The molecule has 0 aliphatic carbocycles. The van der Waals surface area contributed by atoms with Gasteiger partial charge in [0.15, 0.2) is 5.58 Å². The second-order valence-electron chi connectivity index (χ2n) is 6.17. The lowest BCUT2D eigenvalue weighted by Gasteiger charge is -2.13. The fourth-order valence-corrected chi connectivity index (χ4v) is 3.24. The van der Waals surface area contributed by atoms with Crippen LogP contribution in [0.25, 0.3) is 11.1 Å². The molecule has 0 atom stereocenters. The first kappa shape index (κ1) is 16.8. The highest BCUT2D eigenvalue weighted by Crippen LogP contribution is 2.23. The van der Waals surface area contributed by atoms with Crippen molar-refractivity contribution >= 4 is 28.9 Å². The lowest BCUT2D eigenvalue weighted by molar-refractivity contribution is 0.0647. The second kappa shape index (κ2) is 6.24. The van der Waals surface area contributed by atoms with Crippen LogP contribution in [-0.4, -0.2) is 38.9 Å². The quantitative estimate of drug-likeness (QED) is 0.692. The molecule has 1 aliphatic rings. The van der Waals surface area contributed by atoms with E-state index in [1.165, 1.54) is 27.7 Å². The number of carbonyl (C=O) groups excluding carboxylic acids is 2. The molecule has 0 spiro atoms. The molecular weight excluding hydrogens is 352 g/mol. The van der Waals surface area contributed by atoms with Gasteiger partial charge in [0.05, 0.1) is 22.2 Å². The molecule has 2 amide bonds. The van der Waals surface area contributed by atoms with Crippen molar-refractivity contribution in [2.45, 2.75) is 13.0 Å². The number of carboxylic acids is 1. The van der Waals surface area contributed by atoms with Gasteiger partial charge in [-0.05, 0) is 36.8 Å². The van der Waals surface area contributed by atoms with Gasteiger partial charge in [-0.15, -0.1) is 0 Å². The maximum atomic E-state index is 12.3. The fraction of sp³-hybridized carbons (Fsp3) is 0.158. The minimum atomic E-state index is -1.11. The number of carboxylic acid groups (broad SMARTS) is 1. The molecular formula is C19H14N2O6. The third-order valence-corrected chi connectivity index (χ3v) is 4.56. The van der Waals surface area contributed by atoms with Gasteiger partial charge in [-0.3, -0.25) is 19.1 Å². The Morgan fingerprint density at radius 3 is 2.26 bits per heavy atom. The van der Waals surface area contributed by atoms with Gasteiger partial charge in [0, 0.05) is 13.1 Å². The molecule has 136 valence electrons. The third kappa shape index (κ3) is 2.71. The number of benzene rings is 2. The van der Waals surface area contributed by atoms with Crippen LogP contribution in [0.4, 0.5) is 0 Å².